The number of nitrogens with zero attached hydrogens (tertiary/aromatic N) is 4. The lowest BCUT2D eigenvalue weighted by atomic mass is 9.81. The number of aliphatic imine (C=N–C) groups is 1. The van der Waals surface area contributed by atoms with Gasteiger partial charge < -0.3 is 15.2 Å². The first-order valence-corrected chi connectivity index (χ1v) is 13.6. The molecule has 0 saturated carbocycles. The van der Waals surface area contributed by atoms with Gasteiger partial charge in [0.2, 0.25) is 0 Å². The number of ether oxygens (including phenoxy) is 1. The second-order valence-corrected chi connectivity index (χ2v) is 10.4. The maximum atomic E-state index is 14.6. The van der Waals surface area contributed by atoms with Gasteiger partial charge >= 0.3 is 11.9 Å². The molecular formula is C26H24ClF2N5O4S. The minimum Gasteiger partial charge on any atom is -0.481 e. The van der Waals surface area contributed by atoms with Gasteiger partial charge in [-0.15, -0.1) is 11.3 Å². The minimum absolute atomic E-state index is 0.0476. The predicted molar refractivity (Wildman–Crippen MR) is 140 cm³/mol. The van der Waals surface area contributed by atoms with E-state index < -0.39 is 34.6 Å². The summed E-state index contributed by atoms with van der Waals surface area (Å²) >= 11 is 7.59. The Bertz CT molecular complexity index is 1490. The first-order chi connectivity index (χ1) is 18.8. The third kappa shape index (κ3) is 5.44. The van der Waals surface area contributed by atoms with Crippen LogP contribution in [0.2, 0.25) is 5.02 Å². The van der Waals surface area contributed by atoms with Crippen LogP contribution in [0.3, 0.4) is 0 Å². The molecule has 0 radical (unpaired) electrons. The summed E-state index contributed by atoms with van der Waals surface area (Å²) in [4.78, 5) is 33.4. The monoisotopic (exact) mass is 575 g/mol. The van der Waals surface area contributed by atoms with Crippen LogP contribution >= 0.6 is 22.9 Å². The highest BCUT2D eigenvalue weighted by molar-refractivity contribution is 7.11. The number of esters is 1. The van der Waals surface area contributed by atoms with Crippen LogP contribution in [0.25, 0.3) is 0 Å². The van der Waals surface area contributed by atoms with E-state index in [0.29, 0.717) is 35.8 Å². The fourth-order valence-electron chi connectivity index (χ4n) is 4.88. The van der Waals surface area contributed by atoms with Gasteiger partial charge in [-0.25, -0.2) is 18.6 Å². The molecule has 1 aliphatic heterocycles. The Morgan fingerprint density at radius 3 is 2.87 bits per heavy atom. The quantitative estimate of drug-likeness (QED) is 0.301. The molecule has 13 heteroatoms. The van der Waals surface area contributed by atoms with Crippen molar-refractivity contribution in [3.63, 3.8) is 0 Å². The molecular weight excluding hydrogens is 552 g/mol. The van der Waals surface area contributed by atoms with E-state index >= 15 is 0 Å². The number of thiazole rings is 1. The van der Waals surface area contributed by atoms with Crippen LogP contribution in [-0.4, -0.2) is 44.3 Å². The van der Waals surface area contributed by atoms with Crippen molar-refractivity contribution in [3.05, 3.63) is 79.7 Å². The summed E-state index contributed by atoms with van der Waals surface area (Å²) in [5.41, 5.74) is 2.65. The Balaban J connectivity index is 1.60. The number of carbonyl (C=O) groups is 2. The molecule has 0 spiro atoms. The molecule has 3 heterocycles. The van der Waals surface area contributed by atoms with Gasteiger partial charge in [0, 0.05) is 35.0 Å². The van der Waals surface area contributed by atoms with E-state index in [2.05, 4.69) is 15.4 Å². The average Bonchev–Trinajstić information content (AvgIpc) is 3.60. The maximum Gasteiger partial charge on any atom is 0.338 e. The summed E-state index contributed by atoms with van der Waals surface area (Å²) in [6.45, 7) is 2.03. The number of hydrogen-bond acceptors (Lipinski definition) is 8. The first-order valence-electron chi connectivity index (χ1n) is 12.3. The van der Waals surface area contributed by atoms with Gasteiger partial charge in [0.1, 0.15) is 6.04 Å². The van der Waals surface area contributed by atoms with E-state index in [4.69, 9.17) is 26.4 Å². The van der Waals surface area contributed by atoms with Crippen LogP contribution < -0.4 is 5.32 Å². The number of aliphatic carboxylic acids is 1. The predicted octanol–water partition coefficient (Wildman–Crippen LogP) is 4.46. The zero-order valence-corrected chi connectivity index (χ0v) is 22.4. The fraction of sp³-hybridized carbons (Fsp3) is 0.346. The highest BCUT2D eigenvalue weighted by atomic mass is 35.5. The Labute approximate surface area is 231 Å². The van der Waals surface area contributed by atoms with Crippen LogP contribution in [0.15, 0.2) is 46.2 Å². The van der Waals surface area contributed by atoms with E-state index in [-0.39, 0.29) is 36.6 Å². The van der Waals surface area contributed by atoms with E-state index in [1.807, 2.05) is 6.20 Å². The standard InChI is InChI=1S/C26H24ClF2N5O4S/c1-2-38-26(37)19-22(13-3-6-17-14(11-13)12-34(33-17)9-7-18(35)36)31-24(25-30-8-10-39-25)32-23(19)15-4-5-16(28)21(29)20(15)27/h4-5,8,10,12-13,23H,2-3,6-7,9,11H2,1H3,(H,31,32)(H,35,36). The lowest BCUT2D eigenvalue weighted by Crippen LogP contribution is -2.38. The topological polar surface area (TPSA) is 119 Å². The average molecular weight is 576 g/mol. The van der Waals surface area contributed by atoms with Crippen molar-refractivity contribution in [2.24, 2.45) is 10.9 Å². The van der Waals surface area contributed by atoms with Gasteiger partial charge in [-0.1, -0.05) is 17.7 Å². The van der Waals surface area contributed by atoms with E-state index in [1.165, 1.54) is 17.4 Å². The second-order valence-electron chi connectivity index (χ2n) is 9.10. The van der Waals surface area contributed by atoms with Crippen LogP contribution in [0.4, 0.5) is 8.78 Å². The van der Waals surface area contributed by atoms with Gasteiger partial charge in [-0.3, -0.25) is 14.5 Å². The summed E-state index contributed by atoms with van der Waals surface area (Å²) in [6, 6.07) is 1.21. The summed E-state index contributed by atoms with van der Waals surface area (Å²) < 4.78 is 35.5. The maximum absolute atomic E-state index is 14.6. The number of halogens is 3. The number of aromatic nitrogens is 3. The van der Waals surface area contributed by atoms with Crippen molar-refractivity contribution in [2.75, 3.05) is 6.61 Å². The van der Waals surface area contributed by atoms with Crippen molar-refractivity contribution >= 4 is 40.7 Å². The second kappa shape index (κ2) is 11.2. The normalized spacial score (nSPS) is 18.8. The molecule has 0 amide bonds. The smallest absolute Gasteiger partial charge is 0.338 e. The van der Waals surface area contributed by atoms with Gasteiger partial charge in [0.15, 0.2) is 22.5 Å². The number of aryl methyl sites for hydroxylation is 2. The lowest BCUT2D eigenvalue weighted by Gasteiger charge is -2.33. The number of hydrogen-bond donors (Lipinski definition) is 2. The Morgan fingerprint density at radius 1 is 1.33 bits per heavy atom. The number of amidine groups is 1. The molecule has 39 heavy (non-hydrogen) atoms. The van der Waals surface area contributed by atoms with E-state index in [1.54, 1.807) is 23.2 Å². The van der Waals surface area contributed by atoms with E-state index in [9.17, 15) is 18.4 Å². The summed E-state index contributed by atoms with van der Waals surface area (Å²) in [7, 11) is 0. The van der Waals surface area contributed by atoms with Crippen molar-refractivity contribution in [1.82, 2.24) is 20.1 Å². The Morgan fingerprint density at radius 2 is 2.15 bits per heavy atom. The lowest BCUT2D eigenvalue weighted by molar-refractivity contribution is -0.139. The zero-order chi connectivity index (χ0) is 27.7. The van der Waals surface area contributed by atoms with Crippen LogP contribution in [0.1, 0.15) is 47.6 Å². The van der Waals surface area contributed by atoms with Gasteiger partial charge in [0.05, 0.1) is 35.9 Å². The summed E-state index contributed by atoms with van der Waals surface area (Å²) in [5, 5.41) is 18.7. The molecule has 1 aromatic carbocycles. The zero-order valence-electron chi connectivity index (χ0n) is 20.8. The Kier molecular flexibility index (Phi) is 7.76. The molecule has 2 atom stereocenters. The number of nitrogens with one attached hydrogen (secondary N) is 1. The highest BCUT2D eigenvalue weighted by Crippen LogP contribution is 2.41. The molecule has 2 N–H and O–H groups in total. The number of carboxylic acid groups (broad SMARTS) is 1. The van der Waals surface area contributed by atoms with Gasteiger partial charge in [-0.05, 0) is 37.8 Å². The molecule has 9 nitrogen and oxygen atoms in total. The number of benzene rings is 1. The molecule has 2 aromatic heterocycles. The molecule has 204 valence electrons. The minimum atomic E-state index is -1.22. The molecule has 1 aliphatic carbocycles. The van der Waals surface area contributed by atoms with Crippen LogP contribution in [0.5, 0.6) is 0 Å². The molecule has 2 unspecified atom stereocenters. The van der Waals surface area contributed by atoms with Crippen LogP contribution in [-0.2, 0) is 33.7 Å². The number of allylic oxidation sites excluding steroid dienone is 1. The van der Waals surface area contributed by atoms with Crippen molar-refractivity contribution in [3.8, 4) is 0 Å². The third-order valence-electron chi connectivity index (χ3n) is 6.65. The number of rotatable bonds is 8. The summed E-state index contributed by atoms with van der Waals surface area (Å²) in [6.07, 6.45) is 5.13. The van der Waals surface area contributed by atoms with E-state index in [0.717, 1.165) is 17.3 Å². The SMILES string of the molecule is CCOC(=O)C1=C(C2CCc3nn(CCC(=O)O)cc3C2)NC(c2nccs2)=NC1c1ccc(F)c(F)c1Cl. The molecule has 2 aliphatic rings. The third-order valence-corrected chi connectivity index (χ3v) is 7.81. The van der Waals surface area contributed by atoms with Gasteiger partial charge in [-0.2, -0.15) is 5.10 Å². The first kappa shape index (κ1) is 26.9. The fourth-order valence-corrected chi connectivity index (χ4v) is 5.72. The van der Waals surface area contributed by atoms with Crippen LogP contribution in [0, 0.1) is 17.6 Å². The number of carbonyl (C=O) groups excluding carboxylic acids is 1. The molecule has 5 rings (SSSR count). The summed E-state index contributed by atoms with van der Waals surface area (Å²) in [5.74, 6) is -3.71. The van der Waals surface area contributed by atoms with Crippen molar-refractivity contribution in [1.29, 1.82) is 0 Å². The van der Waals surface area contributed by atoms with Crippen molar-refractivity contribution in [2.45, 2.75) is 45.2 Å². The van der Waals surface area contributed by atoms with Gasteiger partial charge in [0.25, 0.3) is 0 Å². The van der Waals surface area contributed by atoms with Crippen molar-refractivity contribution < 1.29 is 28.2 Å². The molecule has 0 saturated heterocycles. The highest BCUT2D eigenvalue weighted by Gasteiger charge is 2.38. The number of fused-ring (bicyclic) bond motifs is 1. The Hall–Kier alpha value is -3.64. The molecule has 0 fully saturated rings. The molecule has 3 aromatic rings. The number of carboxylic acids is 1. The largest absolute Gasteiger partial charge is 0.481 e. The molecule has 0 bridgehead atoms.